The highest BCUT2D eigenvalue weighted by Crippen LogP contribution is 2.20. The molecular weight excluding hydrogens is 314 g/mol. The minimum Gasteiger partial charge on any atom is -0.364 e. The van der Waals surface area contributed by atoms with Crippen LogP contribution in [-0.2, 0) is 6.54 Å². The van der Waals surface area contributed by atoms with Crippen molar-refractivity contribution in [3.05, 3.63) is 71.4 Å². The van der Waals surface area contributed by atoms with Gasteiger partial charge in [-0.25, -0.2) is 8.78 Å². The normalized spacial score (nSPS) is 10.6. The lowest BCUT2D eigenvalue weighted by molar-refractivity contribution is 0.101. The molecule has 0 aliphatic carbocycles. The van der Waals surface area contributed by atoms with E-state index in [-0.39, 0.29) is 23.1 Å². The molecule has 0 aliphatic heterocycles. The van der Waals surface area contributed by atoms with E-state index in [2.05, 4.69) is 15.6 Å². The molecule has 1 heterocycles. The Labute approximate surface area is 136 Å². The highest BCUT2D eigenvalue weighted by atomic mass is 19.1. The number of nitrogens with one attached hydrogen (secondary N) is 1. The largest absolute Gasteiger partial charge is 0.364 e. The van der Waals surface area contributed by atoms with Crippen LogP contribution >= 0.6 is 0 Å². The molecule has 3 rings (SSSR count). The zero-order chi connectivity index (χ0) is 17.1. The number of Topliss-reactive ketones (excluding diaryl/α,β-unsaturated/α-hetero) is 1. The molecule has 122 valence electrons. The molecule has 24 heavy (non-hydrogen) atoms. The van der Waals surface area contributed by atoms with Gasteiger partial charge in [0.25, 0.3) is 0 Å². The number of nitrogens with zero attached hydrogens (tertiary/aromatic N) is 3. The van der Waals surface area contributed by atoms with E-state index in [0.717, 1.165) is 5.56 Å². The summed E-state index contributed by atoms with van der Waals surface area (Å²) in [6.07, 6.45) is 0. The number of carbonyl (C=O) groups excluding carboxylic acids is 1. The summed E-state index contributed by atoms with van der Waals surface area (Å²) in [5, 5.41) is 10.9. The van der Waals surface area contributed by atoms with Crippen molar-refractivity contribution in [1.82, 2.24) is 15.0 Å². The first-order valence-electron chi connectivity index (χ1n) is 7.25. The highest BCUT2D eigenvalue weighted by Gasteiger charge is 2.17. The van der Waals surface area contributed by atoms with E-state index in [9.17, 15) is 13.6 Å². The fraction of sp³-hybridized carbons (Fsp3) is 0.118. The summed E-state index contributed by atoms with van der Waals surface area (Å²) in [6, 6.07) is 11.7. The van der Waals surface area contributed by atoms with Crippen LogP contribution < -0.4 is 5.32 Å². The van der Waals surface area contributed by atoms with Crippen LogP contribution in [-0.4, -0.2) is 20.8 Å². The first-order chi connectivity index (χ1) is 11.5. The number of benzene rings is 2. The third kappa shape index (κ3) is 3.29. The molecule has 0 bridgehead atoms. The lowest BCUT2D eigenvalue weighted by atomic mass is 10.2. The molecule has 3 aromatic rings. The second-order valence-electron chi connectivity index (χ2n) is 5.21. The molecule has 1 N–H and O–H groups in total. The molecule has 2 aromatic carbocycles. The van der Waals surface area contributed by atoms with Crippen LogP contribution in [0.1, 0.15) is 23.0 Å². The number of anilines is 1. The fourth-order valence-corrected chi connectivity index (χ4v) is 2.23. The molecule has 0 radical (unpaired) electrons. The first kappa shape index (κ1) is 15.8. The number of aromatic nitrogens is 3. The smallest absolute Gasteiger partial charge is 0.183 e. The van der Waals surface area contributed by atoms with Crippen molar-refractivity contribution in [1.29, 1.82) is 0 Å². The van der Waals surface area contributed by atoms with Gasteiger partial charge in [0.1, 0.15) is 11.6 Å². The second kappa shape index (κ2) is 6.57. The number of hydrogen-bond acceptors (Lipinski definition) is 4. The van der Waals surface area contributed by atoms with Crippen LogP contribution in [0.3, 0.4) is 0 Å². The monoisotopic (exact) mass is 328 g/mol. The molecule has 7 heteroatoms. The molecule has 0 spiro atoms. The molecule has 0 saturated heterocycles. The van der Waals surface area contributed by atoms with Crippen molar-refractivity contribution in [2.75, 3.05) is 5.32 Å². The number of carbonyl (C=O) groups is 1. The van der Waals surface area contributed by atoms with Crippen molar-refractivity contribution < 1.29 is 13.6 Å². The molecule has 0 amide bonds. The van der Waals surface area contributed by atoms with Gasteiger partial charge in [0.15, 0.2) is 17.3 Å². The van der Waals surface area contributed by atoms with Gasteiger partial charge in [-0.1, -0.05) is 17.3 Å². The number of halogens is 2. The Kier molecular flexibility index (Phi) is 4.33. The van der Waals surface area contributed by atoms with E-state index < -0.39 is 0 Å². The Hall–Kier alpha value is -3.09. The summed E-state index contributed by atoms with van der Waals surface area (Å²) < 4.78 is 27.5. The highest BCUT2D eigenvalue weighted by molar-refractivity contribution is 5.96. The van der Waals surface area contributed by atoms with Crippen molar-refractivity contribution >= 4 is 11.6 Å². The van der Waals surface area contributed by atoms with E-state index in [1.54, 1.807) is 12.1 Å². The number of ketones is 1. The Morgan fingerprint density at radius 2 is 1.62 bits per heavy atom. The average Bonchev–Trinajstić information content (AvgIpc) is 2.99. The van der Waals surface area contributed by atoms with Gasteiger partial charge in [-0.05, 0) is 42.0 Å². The van der Waals surface area contributed by atoms with Crippen molar-refractivity contribution in [2.24, 2.45) is 0 Å². The van der Waals surface area contributed by atoms with Crippen LogP contribution in [0, 0.1) is 11.6 Å². The van der Waals surface area contributed by atoms with Gasteiger partial charge in [-0.2, -0.15) is 4.68 Å². The zero-order valence-corrected chi connectivity index (χ0v) is 12.8. The topological polar surface area (TPSA) is 59.8 Å². The first-order valence-corrected chi connectivity index (χ1v) is 7.25. The molecule has 0 saturated carbocycles. The van der Waals surface area contributed by atoms with Crippen LogP contribution in [0.4, 0.5) is 14.6 Å². The molecule has 0 fully saturated rings. The predicted octanol–water partition coefficient (Wildman–Crippen LogP) is 3.36. The Morgan fingerprint density at radius 1 is 1.04 bits per heavy atom. The van der Waals surface area contributed by atoms with Gasteiger partial charge in [0, 0.05) is 13.5 Å². The Bertz CT molecular complexity index is 857. The third-order valence-corrected chi connectivity index (χ3v) is 3.45. The van der Waals surface area contributed by atoms with Gasteiger partial charge in [0.2, 0.25) is 0 Å². The maximum atomic E-state index is 13.1. The Balaban J connectivity index is 1.92. The maximum Gasteiger partial charge on any atom is 0.183 e. The molecular formula is C17H14F2N4O. The molecule has 5 nitrogen and oxygen atoms in total. The average molecular weight is 328 g/mol. The quantitative estimate of drug-likeness (QED) is 0.730. The molecule has 1 aromatic heterocycles. The second-order valence-corrected chi connectivity index (χ2v) is 5.21. The fourth-order valence-electron chi connectivity index (χ4n) is 2.23. The maximum absolute atomic E-state index is 13.1. The summed E-state index contributed by atoms with van der Waals surface area (Å²) in [5.41, 5.74) is 1.58. The van der Waals surface area contributed by atoms with E-state index in [1.807, 2.05) is 0 Å². The summed E-state index contributed by atoms with van der Waals surface area (Å²) in [4.78, 5) is 11.8. The van der Waals surface area contributed by atoms with E-state index in [0.29, 0.717) is 18.1 Å². The minimum absolute atomic E-state index is 0.182. The van der Waals surface area contributed by atoms with Crippen LogP contribution in [0.5, 0.6) is 0 Å². The summed E-state index contributed by atoms with van der Waals surface area (Å²) in [5.74, 6) is -0.531. The lowest BCUT2D eigenvalue weighted by Crippen LogP contribution is -2.09. The van der Waals surface area contributed by atoms with E-state index in [4.69, 9.17) is 0 Å². The van der Waals surface area contributed by atoms with Gasteiger partial charge in [0.05, 0.1) is 5.69 Å². The number of hydrogen-bond donors (Lipinski definition) is 1. The van der Waals surface area contributed by atoms with Crippen molar-refractivity contribution in [2.45, 2.75) is 13.5 Å². The van der Waals surface area contributed by atoms with Gasteiger partial charge in [-0.3, -0.25) is 4.79 Å². The van der Waals surface area contributed by atoms with Gasteiger partial charge in [-0.15, -0.1) is 5.10 Å². The van der Waals surface area contributed by atoms with Gasteiger partial charge < -0.3 is 5.32 Å². The van der Waals surface area contributed by atoms with Crippen LogP contribution in [0.2, 0.25) is 0 Å². The standard InChI is InChI=1S/C17H14F2N4O/c1-11(24)16-17(20-10-12-2-4-13(18)5-3-12)23(22-21-16)15-8-6-14(19)7-9-15/h2-9,20H,10H2,1H3. The van der Waals surface area contributed by atoms with E-state index in [1.165, 1.54) is 48.0 Å². The summed E-state index contributed by atoms with van der Waals surface area (Å²) >= 11 is 0. The third-order valence-electron chi connectivity index (χ3n) is 3.45. The summed E-state index contributed by atoms with van der Waals surface area (Å²) in [7, 11) is 0. The van der Waals surface area contributed by atoms with Gasteiger partial charge >= 0.3 is 0 Å². The Morgan fingerprint density at radius 3 is 2.21 bits per heavy atom. The predicted molar refractivity (Wildman–Crippen MR) is 85.0 cm³/mol. The molecule has 0 aliphatic rings. The van der Waals surface area contributed by atoms with E-state index >= 15 is 0 Å². The SMILES string of the molecule is CC(=O)c1nnn(-c2ccc(F)cc2)c1NCc1ccc(F)cc1. The lowest BCUT2D eigenvalue weighted by Gasteiger charge is -2.10. The van der Waals surface area contributed by atoms with Crippen molar-refractivity contribution in [3.8, 4) is 5.69 Å². The minimum atomic E-state index is -0.369. The van der Waals surface area contributed by atoms with Crippen LogP contribution in [0.25, 0.3) is 5.69 Å². The van der Waals surface area contributed by atoms with Crippen molar-refractivity contribution in [3.63, 3.8) is 0 Å². The molecule has 0 atom stereocenters. The number of rotatable bonds is 5. The molecule has 0 unspecified atom stereocenters. The van der Waals surface area contributed by atoms with Crippen LogP contribution in [0.15, 0.2) is 48.5 Å². The zero-order valence-electron chi connectivity index (χ0n) is 12.8. The summed E-state index contributed by atoms with van der Waals surface area (Å²) in [6.45, 7) is 1.75.